The maximum Gasteiger partial charge on any atom is 0.0906 e. The Morgan fingerprint density at radius 3 is 2.57 bits per heavy atom. The minimum absolute atomic E-state index is 0.234. The van der Waals surface area contributed by atoms with E-state index in [0.29, 0.717) is 6.42 Å². The van der Waals surface area contributed by atoms with Crippen LogP contribution in [0.25, 0.3) is 0 Å². The molecule has 0 saturated heterocycles. The van der Waals surface area contributed by atoms with Crippen molar-refractivity contribution in [1.82, 2.24) is 5.32 Å². The molecule has 0 radical (unpaired) electrons. The van der Waals surface area contributed by atoms with E-state index >= 15 is 0 Å². The first-order valence-electron chi connectivity index (χ1n) is 5.22. The van der Waals surface area contributed by atoms with Crippen LogP contribution in [0.1, 0.15) is 24.5 Å². The van der Waals surface area contributed by atoms with Crippen LogP contribution in [0.5, 0.6) is 0 Å². The first kappa shape index (κ1) is 11.2. The number of hydrogen-bond donors (Lipinski definition) is 1. The Labute approximate surface area is 85.3 Å². The Hall–Kier alpha value is -0.890. The van der Waals surface area contributed by atoms with Crippen molar-refractivity contribution in [2.45, 2.75) is 26.3 Å². The van der Waals surface area contributed by atoms with Crippen LogP contribution in [-0.4, -0.2) is 13.2 Å². The van der Waals surface area contributed by atoms with Gasteiger partial charge in [-0.1, -0.05) is 31.2 Å². The second-order valence-corrected chi connectivity index (χ2v) is 3.34. The average Bonchev–Trinajstić information content (AvgIpc) is 2.25. The summed E-state index contributed by atoms with van der Waals surface area (Å²) in [5, 5.41) is 3.24. The molecule has 0 fully saturated rings. The van der Waals surface area contributed by atoms with Crippen LogP contribution in [0.3, 0.4) is 0 Å². The van der Waals surface area contributed by atoms with E-state index in [-0.39, 0.29) is 6.67 Å². The van der Waals surface area contributed by atoms with Crippen LogP contribution in [0.2, 0.25) is 0 Å². The van der Waals surface area contributed by atoms with E-state index in [4.69, 9.17) is 0 Å². The van der Waals surface area contributed by atoms with Gasteiger partial charge < -0.3 is 5.32 Å². The zero-order chi connectivity index (χ0) is 10.2. The number of rotatable bonds is 6. The van der Waals surface area contributed by atoms with Gasteiger partial charge in [0.1, 0.15) is 0 Å². The summed E-state index contributed by atoms with van der Waals surface area (Å²) in [7, 11) is 0. The van der Waals surface area contributed by atoms with Crippen LogP contribution < -0.4 is 5.32 Å². The fourth-order valence-electron chi connectivity index (χ4n) is 1.49. The van der Waals surface area contributed by atoms with E-state index in [1.165, 1.54) is 11.1 Å². The first-order chi connectivity index (χ1) is 6.88. The molecule has 1 rings (SSSR count). The molecule has 0 amide bonds. The highest BCUT2D eigenvalue weighted by atomic mass is 19.1. The predicted octanol–water partition coefficient (Wildman–Crippen LogP) is 2.70. The number of aryl methyl sites for hydroxylation is 1. The van der Waals surface area contributed by atoms with Crippen molar-refractivity contribution in [3.63, 3.8) is 0 Å². The second-order valence-electron chi connectivity index (χ2n) is 3.34. The molecular weight excluding hydrogens is 177 g/mol. The maximum atomic E-state index is 11.8. The molecule has 1 nitrogen and oxygen atoms in total. The van der Waals surface area contributed by atoms with Gasteiger partial charge in [-0.15, -0.1) is 0 Å². The molecule has 78 valence electrons. The summed E-state index contributed by atoms with van der Waals surface area (Å²) in [6.07, 6.45) is 1.66. The molecule has 0 aromatic heterocycles. The summed E-state index contributed by atoms with van der Waals surface area (Å²) in [5.74, 6) is 0. The van der Waals surface area contributed by atoms with E-state index in [9.17, 15) is 4.39 Å². The molecule has 0 aliphatic heterocycles. The van der Waals surface area contributed by atoms with Crippen LogP contribution in [0.4, 0.5) is 4.39 Å². The first-order valence-corrected chi connectivity index (χ1v) is 5.22. The van der Waals surface area contributed by atoms with Gasteiger partial charge in [0.25, 0.3) is 0 Å². The lowest BCUT2D eigenvalue weighted by atomic mass is 10.1. The summed E-state index contributed by atoms with van der Waals surface area (Å²) in [6, 6.07) is 8.38. The van der Waals surface area contributed by atoms with E-state index < -0.39 is 0 Å². The highest BCUT2D eigenvalue weighted by Crippen LogP contribution is 2.08. The van der Waals surface area contributed by atoms with Crippen molar-refractivity contribution in [3.8, 4) is 0 Å². The summed E-state index contributed by atoms with van der Waals surface area (Å²) in [4.78, 5) is 0. The van der Waals surface area contributed by atoms with Crippen LogP contribution in [0, 0.1) is 0 Å². The van der Waals surface area contributed by atoms with Gasteiger partial charge in [0.15, 0.2) is 0 Å². The Kier molecular flexibility index (Phi) is 5.23. The van der Waals surface area contributed by atoms with E-state index in [0.717, 1.165) is 19.5 Å². The van der Waals surface area contributed by atoms with Crippen molar-refractivity contribution in [1.29, 1.82) is 0 Å². The summed E-state index contributed by atoms with van der Waals surface area (Å²) in [5.41, 5.74) is 2.70. The zero-order valence-electron chi connectivity index (χ0n) is 8.72. The van der Waals surface area contributed by atoms with E-state index in [1.807, 2.05) is 6.07 Å². The van der Waals surface area contributed by atoms with Crippen molar-refractivity contribution in [2.24, 2.45) is 0 Å². The molecule has 1 aromatic rings. The molecule has 1 aromatic carbocycles. The Morgan fingerprint density at radius 2 is 1.93 bits per heavy atom. The smallest absolute Gasteiger partial charge is 0.0906 e. The van der Waals surface area contributed by atoms with Crippen molar-refractivity contribution in [3.05, 3.63) is 35.4 Å². The van der Waals surface area contributed by atoms with E-state index in [2.05, 4.69) is 30.4 Å². The predicted molar refractivity (Wildman–Crippen MR) is 58.1 cm³/mol. The van der Waals surface area contributed by atoms with Gasteiger partial charge in [-0.25, -0.2) is 0 Å². The topological polar surface area (TPSA) is 12.0 Å². The highest BCUT2D eigenvalue weighted by Gasteiger charge is 1.98. The lowest BCUT2D eigenvalue weighted by Gasteiger charge is -2.08. The SMILES string of the molecule is CCc1ccccc1CNCCCF. The number of halogens is 1. The lowest BCUT2D eigenvalue weighted by molar-refractivity contribution is 0.459. The third kappa shape index (κ3) is 3.46. The highest BCUT2D eigenvalue weighted by molar-refractivity contribution is 5.26. The Bertz CT molecular complexity index is 260. The Morgan fingerprint density at radius 1 is 1.21 bits per heavy atom. The standard InChI is InChI=1S/C12H18FN/c1-2-11-6-3-4-7-12(11)10-14-9-5-8-13/h3-4,6-7,14H,2,5,8-10H2,1H3. The van der Waals surface area contributed by atoms with Crippen molar-refractivity contribution < 1.29 is 4.39 Å². The van der Waals surface area contributed by atoms with Crippen LogP contribution >= 0.6 is 0 Å². The summed E-state index contributed by atoms with van der Waals surface area (Å²) >= 11 is 0. The molecule has 0 atom stereocenters. The monoisotopic (exact) mass is 195 g/mol. The van der Waals surface area contributed by atoms with Gasteiger partial charge in [-0.2, -0.15) is 0 Å². The number of benzene rings is 1. The molecular formula is C12H18FN. The van der Waals surface area contributed by atoms with Gasteiger partial charge in [-0.3, -0.25) is 4.39 Å². The summed E-state index contributed by atoms with van der Waals surface area (Å²) < 4.78 is 11.8. The maximum absolute atomic E-state index is 11.8. The molecule has 0 spiro atoms. The fraction of sp³-hybridized carbons (Fsp3) is 0.500. The minimum atomic E-state index is -0.234. The molecule has 0 bridgehead atoms. The van der Waals surface area contributed by atoms with Crippen molar-refractivity contribution in [2.75, 3.05) is 13.2 Å². The van der Waals surface area contributed by atoms with Gasteiger partial charge >= 0.3 is 0 Å². The van der Waals surface area contributed by atoms with Crippen LogP contribution in [-0.2, 0) is 13.0 Å². The quantitative estimate of drug-likeness (QED) is 0.688. The molecule has 14 heavy (non-hydrogen) atoms. The normalized spacial score (nSPS) is 10.4. The molecule has 2 heteroatoms. The van der Waals surface area contributed by atoms with Gasteiger partial charge in [0.2, 0.25) is 0 Å². The third-order valence-electron chi connectivity index (χ3n) is 2.30. The van der Waals surface area contributed by atoms with Crippen molar-refractivity contribution >= 4 is 0 Å². The number of hydrogen-bond acceptors (Lipinski definition) is 1. The molecule has 0 unspecified atom stereocenters. The Balaban J connectivity index is 2.41. The summed E-state index contributed by atoms with van der Waals surface area (Å²) in [6.45, 7) is 3.53. The average molecular weight is 195 g/mol. The number of nitrogens with one attached hydrogen (secondary N) is 1. The second kappa shape index (κ2) is 6.55. The molecule has 1 N–H and O–H groups in total. The fourth-order valence-corrected chi connectivity index (χ4v) is 1.49. The zero-order valence-corrected chi connectivity index (χ0v) is 8.72. The van der Waals surface area contributed by atoms with Gasteiger partial charge in [0.05, 0.1) is 6.67 Å². The molecule has 0 aliphatic rings. The largest absolute Gasteiger partial charge is 0.313 e. The van der Waals surface area contributed by atoms with Crippen LogP contribution in [0.15, 0.2) is 24.3 Å². The molecule has 0 aliphatic carbocycles. The van der Waals surface area contributed by atoms with Gasteiger partial charge in [0, 0.05) is 6.54 Å². The number of alkyl halides is 1. The molecule has 0 saturated carbocycles. The minimum Gasteiger partial charge on any atom is -0.313 e. The lowest BCUT2D eigenvalue weighted by Crippen LogP contribution is -2.16. The third-order valence-corrected chi connectivity index (χ3v) is 2.30. The molecule has 0 heterocycles. The van der Waals surface area contributed by atoms with Gasteiger partial charge in [-0.05, 0) is 30.5 Å². The van der Waals surface area contributed by atoms with E-state index in [1.54, 1.807) is 0 Å².